The first-order valence-electron chi connectivity index (χ1n) is 6.74. The van der Waals surface area contributed by atoms with Crippen molar-refractivity contribution in [3.63, 3.8) is 0 Å². The van der Waals surface area contributed by atoms with Gasteiger partial charge in [-0.1, -0.05) is 28.4 Å². The molecule has 6 nitrogen and oxygen atoms in total. The molecule has 0 spiro atoms. The standard InChI is InChI=1S/C14H13Cl2N3O3/c1-8-17-13(18-22-8)14(20)19-5-4-10(7-19)21-9-2-3-11(15)12(16)6-9/h2-3,6,10H,4-5,7H2,1H3/t10-/m0/s1. The predicted octanol–water partition coefficient (Wildman–Crippen LogP) is 2.98. The summed E-state index contributed by atoms with van der Waals surface area (Å²) in [4.78, 5) is 17.8. The van der Waals surface area contributed by atoms with E-state index in [9.17, 15) is 4.79 Å². The molecule has 2 heterocycles. The van der Waals surface area contributed by atoms with Crippen LogP contribution >= 0.6 is 23.2 Å². The fourth-order valence-electron chi connectivity index (χ4n) is 2.28. The average Bonchev–Trinajstić information content (AvgIpc) is 3.11. The Bertz CT molecular complexity index is 704. The van der Waals surface area contributed by atoms with Crippen molar-refractivity contribution < 1.29 is 14.1 Å². The molecular weight excluding hydrogens is 329 g/mol. The zero-order valence-electron chi connectivity index (χ0n) is 11.8. The van der Waals surface area contributed by atoms with Gasteiger partial charge in [0.25, 0.3) is 11.7 Å². The molecule has 22 heavy (non-hydrogen) atoms. The zero-order chi connectivity index (χ0) is 15.7. The smallest absolute Gasteiger partial charge is 0.295 e. The third kappa shape index (κ3) is 3.18. The molecule has 1 aromatic carbocycles. The van der Waals surface area contributed by atoms with Gasteiger partial charge >= 0.3 is 0 Å². The summed E-state index contributed by atoms with van der Waals surface area (Å²) >= 11 is 11.8. The molecule has 0 unspecified atom stereocenters. The molecule has 1 aliphatic heterocycles. The van der Waals surface area contributed by atoms with Gasteiger partial charge in [-0.2, -0.15) is 4.98 Å². The van der Waals surface area contributed by atoms with Gasteiger partial charge in [-0.3, -0.25) is 4.79 Å². The summed E-state index contributed by atoms with van der Waals surface area (Å²) in [6, 6.07) is 5.09. The van der Waals surface area contributed by atoms with Crippen LogP contribution in [0.4, 0.5) is 0 Å². The molecule has 0 bridgehead atoms. The minimum Gasteiger partial charge on any atom is -0.488 e. The number of carbonyl (C=O) groups excluding carboxylic acids is 1. The lowest BCUT2D eigenvalue weighted by atomic mass is 10.3. The van der Waals surface area contributed by atoms with Crippen molar-refractivity contribution in [2.75, 3.05) is 13.1 Å². The lowest BCUT2D eigenvalue weighted by Gasteiger charge is -2.16. The maximum absolute atomic E-state index is 12.2. The number of benzene rings is 1. The molecule has 8 heteroatoms. The maximum Gasteiger partial charge on any atom is 0.295 e. The summed E-state index contributed by atoms with van der Waals surface area (Å²) in [5.74, 6) is 0.819. The van der Waals surface area contributed by atoms with E-state index in [4.69, 9.17) is 32.5 Å². The number of aromatic nitrogens is 2. The van der Waals surface area contributed by atoms with Crippen LogP contribution in [0.5, 0.6) is 5.75 Å². The van der Waals surface area contributed by atoms with E-state index in [-0.39, 0.29) is 17.8 Å². The summed E-state index contributed by atoms with van der Waals surface area (Å²) < 4.78 is 10.7. The highest BCUT2D eigenvalue weighted by Crippen LogP contribution is 2.28. The van der Waals surface area contributed by atoms with Gasteiger partial charge in [-0.05, 0) is 12.1 Å². The number of nitrogens with zero attached hydrogens (tertiary/aromatic N) is 3. The van der Waals surface area contributed by atoms with Gasteiger partial charge in [0.05, 0.1) is 16.6 Å². The second-order valence-corrected chi connectivity index (χ2v) is 5.81. The van der Waals surface area contributed by atoms with Crippen LogP contribution in [0.2, 0.25) is 10.0 Å². The first-order chi connectivity index (χ1) is 10.5. The molecule has 3 rings (SSSR count). The van der Waals surface area contributed by atoms with Crippen LogP contribution in [0.25, 0.3) is 0 Å². The third-order valence-electron chi connectivity index (χ3n) is 3.34. The second kappa shape index (κ2) is 6.14. The minimum absolute atomic E-state index is 0.0766. The van der Waals surface area contributed by atoms with Gasteiger partial charge < -0.3 is 14.2 Å². The topological polar surface area (TPSA) is 68.5 Å². The number of aryl methyl sites for hydroxylation is 1. The van der Waals surface area contributed by atoms with Gasteiger partial charge in [0.1, 0.15) is 11.9 Å². The number of likely N-dealkylation sites (tertiary alicyclic amines) is 1. The number of carbonyl (C=O) groups is 1. The van der Waals surface area contributed by atoms with E-state index in [1.54, 1.807) is 30.0 Å². The van der Waals surface area contributed by atoms with Crippen LogP contribution in [0, 0.1) is 6.92 Å². The number of rotatable bonds is 3. The number of halogens is 2. The molecule has 1 atom stereocenters. The lowest BCUT2D eigenvalue weighted by molar-refractivity contribution is 0.0757. The largest absolute Gasteiger partial charge is 0.488 e. The summed E-state index contributed by atoms with van der Waals surface area (Å²) in [6.45, 7) is 2.69. The summed E-state index contributed by atoms with van der Waals surface area (Å²) in [6.07, 6.45) is 0.622. The normalized spacial score (nSPS) is 17.8. The van der Waals surface area contributed by atoms with E-state index >= 15 is 0 Å². The lowest BCUT2D eigenvalue weighted by Crippen LogP contribution is -2.31. The van der Waals surface area contributed by atoms with E-state index in [2.05, 4.69) is 10.1 Å². The van der Waals surface area contributed by atoms with Crippen molar-refractivity contribution >= 4 is 29.1 Å². The molecule has 0 aliphatic carbocycles. The third-order valence-corrected chi connectivity index (χ3v) is 4.08. The van der Waals surface area contributed by atoms with Crippen LogP contribution < -0.4 is 4.74 Å². The van der Waals surface area contributed by atoms with E-state index in [1.165, 1.54) is 0 Å². The molecule has 0 N–H and O–H groups in total. The van der Waals surface area contributed by atoms with Crippen LogP contribution in [0.15, 0.2) is 22.7 Å². The monoisotopic (exact) mass is 341 g/mol. The summed E-state index contributed by atoms with van der Waals surface area (Å²) in [5, 5.41) is 4.55. The predicted molar refractivity (Wildman–Crippen MR) is 80.4 cm³/mol. The van der Waals surface area contributed by atoms with Crippen LogP contribution in [-0.4, -0.2) is 40.1 Å². The van der Waals surface area contributed by atoms with Gasteiger partial charge in [-0.15, -0.1) is 0 Å². The Morgan fingerprint density at radius 3 is 2.91 bits per heavy atom. The minimum atomic E-state index is -0.253. The van der Waals surface area contributed by atoms with Gasteiger partial charge in [0.15, 0.2) is 0 Å². The Kier molecular flexibility index (Phi) is 4.22. The molecule has 1 fully saturated rings. The fraction of sp³-hybridized carbons (Fsp3) is 0.357. The van der Waals surface area contributed by atoms with Crippen molar-refractivity contribution in [1.82, 2.24) is 15.0 Å². The summed E-state index contributed by atoms with van der Waals surface area (Å²) in [5.41, 5.74) is 0. The van der Waals surface area contributed by atoms with E-state index in [0.29, 0.717) is 34.8 Å². The second-order valence-electron chi connectivity index (χ2n) is 4.99. The van der Waals surface area contributed by atoms with E-state index in [1.807, 2.05) is 0 Å². The van der Waals surface area contributed by atoms with Crippen LogP contribution in [0.3, 0.4) is 0 Å². The van der Waals surface area contributed by atoms with Crippen molar-refractivity contribution in [3.05, 3.63) is 40.0 Å². The number of hydrogen-bond acceptors (Lipinski definition) is 5. The fourth-order valence-corrected chi connectivity index (χ4v) is 2.57. The molecule has 2 aromatic rings. The number of hydrogen-bond donors (Lipinski definition) is 0. The van der Waals surface area contributed by atoms with Crippen LogP contribution in [0.1, 0.15) is 22.9 Å². The molecular formula is C14H13Cl2N3O3. The van der Waals surface area contributed by atoms with Crippen molar-refractivity contribution in [3.8, 4) is 5.75 Å². The molecule has 116 valence electrons. The summed E-state index contributed by atoms with van der Waals surface area (Å²) in [7, 11) is 0. The molecule has 1 aromatic heterocycles. The van der Waals surface area contributed by atoms with Crippen LogP contribution in [-0.2, 0) is 0 Å². The number of amides is 1. The maximum atomic E-state index is 12.2. The first kappa shape index (κ1) is 15.1. The Hall–Kier alpha value is -1.79. The Balaban J connectivity index is 1.62. The highest BCUT2D eigenvalue weighted by molar-refractivity contribution is 6.42. The van der Waals surface area contributed by atoms with E-state index < -0.39 is 0 Å². The van der Waals surface area contributed by atoms with E-state index in [0.717, 1.165) is 6.42 Å². The van der Waals surface area contributed by atoms with Crippen molar-refractivity contribution in [2.45, 2.75) is 19.4 Å². The highest BCUT2D eigenvalue weighted by atomic mass is 35.5. The quantitative estimate of drug-likeness (QED) is 0.858. The Morgan fingerprint density at radius 1 is 1.41 bits per heavy atom. The van der Waals surface area contributed by atoms with Gasteiger partial charge in [-0.25, -0.2) is 0 Å². The Labute approximate surface area is 136 Å². The first-order valence-corrected chi connectivity index (χ1v) is 7.50. The highest BCUT2D eigenvalue weighted by Gasteiger charge is 2.30. The zero-order valence-corrected chi connectivity index (χ0v) is 13.3. The van der Waals surface area contributed by atoms with Gasteiger partial charge in [0, 0.05) is 26.0 Å². The molecule has 0 saturated carbocycles. The van der Waals surface area contributed by atoms with Gasteiger partial charge in [0.2, 0.25) is 5.89 Å². The number of ether oxygens (including phenoxy) is 1. The van der Waals surface area contributed by atoms with Crippen molar-refractivity contribution in [2.24, 2.45) is 0 Å². The average molecular weight is 342 g/mol. The molecule has 1 saturated heterocycles. The molecule has 0 radical (unpaired) electrons. The molecule has 1 aliphatic rings. The molecule has 1 amide bonds. The Morgan fingerprint density at radius 2 is 2.23 bits per heavy atom. The SMILES string of the molecule is Cc1nc(C(=O)N2CC[C@H](Oc3ccc(Cl)c(Cl)c3)C2)no1. The van der Waals surface area contributed by atoms with Crippen molar-refractivity contribution in [1.29, 1.82) is 0 Å².